The number of nitrogens with one attached hydrogen (secondary N) is 2. The maximum absolute atomic E-state index is 12.1. The molecule has 1 saturated heterocycles. The van der Waals surface area contributed by atoms with Crippen LogP contribution in [0.3, 0.4) is 0 Å². The first-order valence-corrected chi connectivity index (χ1v) is 6.72. The van der Waals surface area contributed by atoms with Gasteiger partial charge in [-0.15, -0.1) is 0 Å². The van der Waals surface area contributed by atoms with Crippen molar-refractivity contribution < 1.29 is 4.79 Å². The summed E-state index contributed by atoms with van der Waals surface area (Å²) in [6, 6.07) is 8.72. The van der Waals surface area contributed by atoms with Crippen LogP contribution in [0.5, 0.6) is 0 Å². The average Bonchev–Trinajstić information content (AvgIpc) is 2.36. The Morgan fingerprint density at radius 3 is 3.06 bits per heavy atom. The van der Waals surface area contributed by atoms with Gasteiger partial charge in [0.25, 0.3) is 0 Å². The molecule has 0 aromatic heterocycles. The minimum Gasteiger partial charge on any atom is -0.352 e. The van der Waals surface area contributed by atoms with Gasteiger partial charge in [-0.1, -0.05) is 29.8 Å². The molecule has 0 saturated carbocycles. The van der Waals surface area contributed by atoms with Crippen LogP contribution < -0.4 is 10.6 Å². The van der Waals surface area contributed by atoms with Crippen molar-refractivity contribution in [2.24, 2.45) is 5.92 Å². The van der Waals surface area contributed by atoms with E-state index in [2.05, 4.69) is 42.7 Å². The van der Waals surface area contributed by atoms with Crippen molar-refractivity contribution in [1.29, 1.82) is 0 Å². The number of aryl methyl sites for hydroxylation is 1. The van der Waals surface area contributed by atoms with E-state index in [1.165, 1.54) is 11.1 Å². The molecule has 1 aromatic carbocycles. The van der Waals surface area contributed by atoms with Gasteiger partial charge in [0.05, 0.1) is 0 Å². The van der Waals surface area contributed by atoms with Gasteiger partial charge < -0.3 is 10.6 Å². The van der Waals surface area contributed by atoms with Crippen molar-refractivity contribution in [3.8, 4) is 0 Å². The van der Waals surface area contributed by atoms with Gasteiger partial charge in [0.2, 0.25) is 5.91 Å². The van der Waals surface area contributed by atoms with Crippen LogP contribution in [0, 0.1) is 12.8 Å². The second-order valence-corrected chi connectivity index (χ2v) is 5.28. The molecule has 1 amide bonds. The molecule has 1 aliphatic heterocycles. The lowest BCUT2D eigenvalue weighted by Crippen LogP contribution is -2.42. The van der Waals surface area contributed by atoms with E-state index < -0.39 is 0 Å². The van der Waals surface area contributed by atoms with E-state index in [9.17, 15) is 4.79 Å². The lowest BCUT2D eigenvalue weighted by molar-refractivity contribution is -0.126. The lowest BCUT2D eigenvalue weighted by Gasteiger charge is -2.27. The Balaban J connectivity index is 1.84. The van der Waals surface area contributed by atoms with Crippen LogP contribution in [0.15, 0.2) is 24.3 Å². The fraction of sp³-hybridized carbons (Fsp3) is 0.533. The van der Waals surface area contributed by atoms with Gasteiger partial charge >= 0.3 is 0 Å². The molecular weight excluding hydrogens is 224 g/mol. The predicted octanol–water partition coefficient (Wildman–Crippen LogP) is 2.00. The minimum atomic E-state index is 0.172. The summed E-state index contributed by atoms with van der Waals surface area (Å²) in [4.78, 5) is 12.1. The summed E-state index contributed by atoms with van der Waals surface area (Å²) in [5, 5.41) is 6.42. The highest BCUT2D eigenvalue weighted by Gasteiger charge is 2.24. The summed E-state index contributed by atoms with van der Waals surface area (Å²) in [5.74, 6) is 0.371. The number of rotatable bonds is 3. The normalized spacial score (nSPS) is 23.7. The summed E-state index contributed by atoms with van der Waals surface area (Å²) in [5.41, 5.74) is 2.41. The number of hydrogen-bond donors (Lipinski definition) is 2. The van der Waals surface area contributed by atoms with Crippen molar-refractivity contribution in [3.63, 3.8) is 0 Å². The minimum absolute atomic E-state index is 0.172. The Morgan fingerprint density at radius 2 is 2.33 bits per heavy atom. The van der Waals surface area contributed by atoms with Gasteiger partial charge in [0.1, 0.15) is 0 Å². The molecule has 3 heteroatoms. The van der Waals surface area contributed by atoms with E-state index in [0.717, 1.165) is 19.4 Å². The van der Waals surface area contributed by atoms with E-state index in [1.54, 1.807) is 0 Å². The van der Waals surface area contributed by atoms with Gasteiger partial charge in [-0.2, -0.15) is 0 Å². The van der Waals surface area contributed by atoms with Gasteiger partial charge in [-0.25, -0.2) is 0 Å². The van der Waals surface area contributed by atoms with Gasteiger partial charge in [-0.3, -0.25) is 4.79 Å². The first kappa shape index (κ1) is 13.1. The Bertz CT molecular complexity index is 417. The molecule has 1 aromatic rings. The summed E-state index contributed by atoms with van der Waals surface area (Å²) in [6.45, 7) is 5.79. The quantitative estimate of drug-likeness (QED) is 0.856. The van der Waals surface area contributed by atoms with Gasteiger partial charge in [-0.05, 0) is 38.8 Å². The van der Waals surface area contributed by atoms with Crippen molar-refractivity contribution in [1.82, 2.24) is 10.6 Å². The van der Waals surface area contributed by atoms with Gasteiger partial charge in [0, 0.05) is 18.5 Å². The molecule has 3 nitrogen and oxygen atoms in total. The van der Waals surface area contributed by atoms with Crippen LogP contribution in [-0.4, -0.2) is 18.5 Å². The Morgan fingerprint density at radius 1 is 1.50 bits per heavy atom. The lowest BCUT2D eigenvalue weighted by atomic mass is 9.92. The van der Waals surface area contributed by atoms with Crippen LogP contribution in [0.1, 0.15) is 30.9 Å². The van der Waals surface area contributed by atoms with E-state index in [-0.39, 0.29) is 11.8 Å². The Hall–Kier alpha value is -1.35. The highest BCUT2D eigenvalue weighted by atomic mass is 16.1. The van der Waals surface area contributed by atoms with Crippen molar-refractivity contribution in [3.05, 3.63) is 35.4 Å². The third-order valence-electron chi connectivity index (χ3n) is 3.54. The molecule has 1 fully saturated rings. The largest absolute Gasteiger partial charge is 0.352 e. The standard InChI is InChI=1S/C15H22N2O/c1-11-4-3-5-13(8-11)10-17-15(18)14-6-7-16-12(2)9-14/h3-5,8,12,14,16H,6-7,9-10H2,1-2H3,(H,17,18). The first-order valence-electron chi connectivity index (χ1n) is 6.72. The molecule has 0 aliphatic carbocycles. The average molecular weight is 246 g/mol. The monoisotopic (exact) mass is 246 g/mol. The molecular formula is C15H22N2O. The van der Waals surface area contributed by atoms with Crippen molar-refractivity contribution in [2.75, 3.05) is 6.54 Å². The summed E-state index contributed by atoms with van der Waals surface area (Å²) >= 11 is 0. The third kappa shape index (κ3) is 3.57. The molecule has 1 aliphatic rings. The molecule has 0 spiro atoms. The summed E-state index contributed by atoms with van der Waals surface area (Å²) in [6.07, 6.45) is 1.89. The van der Waals surface area contributed by atoms with E-state index in [0.29, 0.717) is 12.6 Å². The second kappa shape index (κ2) is 6.01. The molecule has 18 heavy (non-hydrogen) atoms. The maximum atomic E-state index is 12.1. The first-order chi connectivity index (χ1) is 8.65. The van der Waals surface area contributed by atoms with E-state index in [4.69, 9.17) is 0 Å². The van der Waals surface area contributed by atoms with Crippen LogP contribution in [0.25, 0.3) is 0 Å². The van der Waals surface area contributed by atoms with E-state index in [1.807, 2.05) is 6.07 Å². The van der Waals surface area contributed by atoms with Crippen molar-refractivity contribution in [2.45, 2.75) is 39.3 Å². The number of carbonyl (C=O) groups is 1. The van der Waals surface area contributed by atoms with Crippen LogP contribution in [0.4, 0.5) is 0 Å². The molecule has 2 unspecified atom stereocenters. The Kier molecular flexibility index (Phi) is 4.37. The zero-order chi connectivity index (χ0) is 13.0. The second-order valence-electron chi connectivity index (χ2n) is 5.28. The fourth-order valence-electron chi connectivity index (χ4n) is 2.53. The molecule has 0 bridgehead atoms. The number of carbonyl (C=O) groups excluding carboxylic acids is 1. The molecule has 2 N–H and O–H groups in total. The van der Waals surface area contributed by atoms with Gasteiger partial charge in [0.15, 0.2) is 0 Å². The zero-order valence-electron chi connectivity index (χ0n) is 11.2. The molecule has 1 heterocycles. The molecule has 2 rings (SSSR count). The van der Waals surface area contributed by atoms with E-state index >= 15 is 0 Å². The van der Waals surface area contributed by atoms with Crippen LogP contribution in [0.2, 0.25) is 0 Å². The molecule has 0 radical (unpaired) electrons. The van der Waals surface area contributed by atoms with Crippen molar-refractivity contribution >= 4 is 5.91 Å². The zero-order valence-corrected chi connectivity index (χ0v) is 11.2. The highest BCUT2D eigenvalue weighted by molar-refractivity contribution is 5.78. The fourth-order valence-corrected chi connectivity index (χ4v) is 2.53. The predicted molar refractivity (Wildman–Crippen MR) is 73.2 cm³/mol. The van der Waals surface area contributed by atoms with Crippen LogP contribution in [-0.2, 0) is 11.3 Å². The number of piperidine rings is 1. The number of benzene rings is 1. The summed E-state index contributed by atoms with van der Waals surface area (Å²) < 4.78 is 0. The number of hydrogen-bond acceptors (Lipinski definition) is 2. The SMILES string of the molecule is Cc1cccc(CNC(=O)C2CCNC(C)C2)c1. The highest BCUT2D eigenvalue weighted by Crippen LogP contribution is 2.16. The Labute approximate surface area is 109 Å². The summed E-state index contributed by atoms with van der Waals surface area (Å²) in [7, 11) is 0. The van der Waals surface area contributed by atoms with Crippen LogP contribution >= 0.6 is 0 Å². The molecule has 2 atom stereocenters. The number of amides is 1. The maximum Gasteiger partial charge on any atom is 0.223 e. The smallest absolute Gasteiger partial charge is 0.223 e. The molecule has 98 valence electrons. The topological polar surface area (TPSA) is 41.1 Å². The third-order valence-corrected chi connectivity index (χ3v) is 3.54.